The Hall–Kier alpha value is -1.96. The molecule has 1 saturated carbocycles. The van der Waals surface area contributed by atoms with Gasteiger partial charge in [-0.3, -0.25) is 9.78 Å². The number of nitrogens with zero attached hydrogens (tertiary/aromatic N) is 2. The molecule has 8 heteroatoms. The van der Waals surface area contributed by atoms with Gasteiger partial charge in [0.2, 0.25) is 15.9 Å². The average Bonchev–Trinajstić information content (AvgIpc) is 3.43. The molecular weight excluding hydrogens is 362 g/mol. The number of carbonyl (C=O) groups excluding carboxylic acids is 1. The quantitative estimate of drug-likeness (QED) is 0.799. The van der Waals surface area contributed by atoms with Gasteiger partial charge in [-0.2, -0.15) is 4.31 Å². The first-order valence-electron chi connectivity index (χ1n) is 7.90. The summed E-state index contributed by atoms with van der Waals surface area (Å²) in [6.45, 7) is 0.0906. The van der Waals surface area contributed by atoms with Gasteiger partial charge in [-0.15, -0.1) is 0 Å². The SMILES string of the molecule is O=C(CN(C1CC1)S(=O)(=O)c1cccnc1)NCc1cccc(Cl)c1. The molecule has 0 atom stereocenters. The summed E-state index contributed by atoms with van der Waals surface area (Å²) in [5.74, 6) is -0.348. The van der Waals surface area contributed by atoms with E-state index in [1.54, 1.807) is 24.3 Å². The summed E-state index contributed by atoms with van der Waals surface area (Å²) in [6.07, 6.45) is 4.34. The monoisotopic (exact) mass is 379 g/mol. The van der Waals surface area contributed by atoms with Crippen molar-refractivity contribution in [1.29, 1.82) is 0 Å². The lowest BCUT2D eigenvalue weighted by Crippen LogP contribution is -2.41. The van der Waals surface area contributed by atoms with Gasteiger partial charge in [0.25, 0.3) is 0 Å². The lowest BCUT2D eigenvalue weighted by molar-refractivity contribution is -0.121. The smallest absolute Gasteiger partial charge is 0.245 e. The first kappa shape index (κ1) is 17.8. The minimum absolute atomic E-state index is 0.101. The molecule has 25 heavy (non-hydrogen) atoms. The largest absolute Gasteiger partial charge is 0.351 e. The minimum Gasteiger partial charge on any atom is -0.351 e. The topological polar surface area (TPSA) is 79.4 Å². The maximum absolute atomic E-state index is 12.8. The van der Waals surface area contributed by atoms with Crippen molar-refractivity contribution in [3.8, 4) is 0 Å². The van der Waals surface area contributed by atoms with Crippen molar-refractivity contribution in [2.75, 3.05) is 6.54 Å². The van der Waals surface area contributed by atoms with Gasteiger partial charge >= 0.3 is 0 Å². The number of benzene rings is 1. The third-order valence-electron chi connectivity index (χ3n) is 3.87. The summed E-state index contributed by atoms with van der Waals surface area (Å²) >= 11 is 5.92. The maximum atomic E-state index is 12.8. The van der Waals surface area contributed by atoms with E-state index in [4.69, 9.17) is 11.6 Å². The molecule has 2 aromatic rings. The maximum Gasteiger partial charge on any atom is 0.245 e. The number of amides is 1. The minimum atomic E-state index is -3.73. The third-order valence-corrected chi connectivity index (χ3v) is 5.99. The van der Waals surface area contributed by atoms with Gasteiger partial charge in [0, 0.05) is 30.0 Å². The van der Waals surface area contributed by atoms with Crippen molar-refractivity contribution in [3.63, 3.8) is 0 Å². The molecule has 132 valence electrons. The highest BCUT2D eigenvalue weighted by Crippen LogP contribution is 2.31. The molecule has 0 spiro atoms. The third kappa shape index (κ3) is 4.56. The van der Waals surface area contributed by atoms with Crippen molar-refractivity contribution in [2.24, 2.45) is 0 Å². The second kappa shape index (κ2) is 7.51. The molecule has 1 N–H and O–H groups in total. The zero-order valence-electron chi connectivity index (χ0n) is 13.4. The number of hydrogen-bond acceptors (Lipinski definition) is 4. The molecular formula is C17H18ClN3O3S. The number of sulfonamides is 1. The van der Waals surface area contributed by atoms with E-state index in [0.29, 0.717) is 11.6 Å². The van der Waals surface area contributed by atoms with Crippen LogP contribution < -0.4 is 5.32 Å². The van der Waals surface area contributed by atoms with Crippen LogP contribution in [0.25, 0.3) is 0 Å². The number of rotatable bonds is 7. The number of halogens is 1. The average molecular weight is 380 g/mol. The second-order valence-electron chi connectivity index (χ2n) is 5.88. The number of carbonyl (C=O) groups is 1. The van der Waals surface area contributed by atoms with Crippen LogP contribution in [0.2, 0.25) is 5.02 Å². The Morgan fingerprint density at radius 1 is 1.28 bits per heavy atom. The van der Waals surface area contributed by atoms with Gasteiger partial charge in [-0.1, -0.05) is 23.7 Å². The number of aromatic nitrogens is 1. The Kier molecular flexibility index (Phi) is 5.36. The molecule has 6 nitrogen and oxygen atoms in total. The Labute approximate surface area is 151 Å². The molecule has 0 bridgehead atoms. The first-order valence-corrected chi connectivity index (χ1v) is 9.71. The molecule has 1 heterocycles. The van der Waals surface area contributed by atoms with Gasteiger partial charge in [0.15, 0.2) is 0 Å². The van der Waals surface area contributed by atoms with Crippen LogP contribution in [0.3, 0.4) is 0 Å². The Balaban J connectivity index is 1.67. The second-order valence-corrected chi connectivity index (χ2v) is 8.20. The van der Waals surface area contributed by atoms with Crippen molar-refractivity contribution >= 4 is 27.5 Å². The van der Waals surface area contributed by atoms with Crippen molar-refractivity contribution in [2.45, 2.75) is 30.3 Å². The van der Waals surface area contributed by atoms with E-state index in [0.717, 1.165) is 18.4 Å². The van der Waals surface area contributed by atoms with E-state index >= 15 is 0 Å². The highest BCUT2D eigenvalue weighted by Gasteiger charge is 2.39. The van der Waals surface area contributed by atoms with Crippen molar-refractivity contribution < 1.29 is 13.2 Å². The Morgan fingerprint density at radius 2 is 2.08 bits per heavy atom. The number of pyridine rings is 1. The number of nitrogens with one attached hydrogen (secondary N) is 1. The fraction of sp³-hybridized carbons (Fsp3) is 0.294. The summed E-state index contributed by atoms with van der Waals surface area (Å²) in [4.78, 5) is 16.2. The summed E-state index contributed by atoms with van der Waals surface area (Å²) in [5.41, 5.74) is 0.855. The Bertz CT molecular complexity index is 854. The molecule has 1 aliphatic rings. The van der Waals surface area contributed by atoms with E-state index in [-0.39, 0.29) is 23.4 Å². The fourth-order valence-electron chi connectivity index (χ4n) is 2.45. The van der Waals surface area contributed by atoms with Crippen LogP contribution in [0.5, 0.6) is 0 Å². The standard InChI is InChI=1S/C17H18ClN3O3S/c18-14-4-1-3-13(9-14)10-20-17(22)12-21(15-6-7-15)25(23,24)16-5-2-8-19-11-16/h1-5,8-9,11,15H,6-7,10,12H2,(H,20,22). The molecule has 0 saturated heterocycles. The van der Waals surface area contributed by atoms with Crippen LogP contribution in [-0.2, 0) is 21.4 Å². The molecule has 1 aromatic carbocycles. The molecule has 1 fully saturated rings. The highest BCUT2D eigenvalue weighted by molar-refractivity contribution is 7.89. The Morgan fingerprint density at radius 3 is 2.72 bits per heavy atom. The van der Waals surface area contributed by atoms with E-state index in [2.05, 4.69) is 10.3 Å². The normalized spacial score (nSPS) is 14.5. The molecule has 1 aliphatic carbocycles. The zero-order valence-corrected chi connectivity index (χ0v) is 15.0. The zero-order chi connectivity index (χ0) is 17.9. The van der Waals surface area contributed by atoms with Gasteiger partial charge in [0.05, 0.1) is 6.54 Å². The lowest BCUT2D eigenvalue weighted by atomic mass is 10.2. The van der Waals surface area contributed by atoms with E-state index in [1.807, 2.05) is 6.07 Å². The van der Waals surface area contributed by atoms with Crippen LogP contribution in [0, 0.1) is 0 Å². The summed E-state index contributed by atoms with van der Waals surface area (Å²) in [7, 11) is -3.73. The first-order chi connectivity index (χ1) is 12.0. The van der Waals surface area contributed by atoms with E-state index in [1.165, 1.54) is 22.8 Å². The van der Waals surface area contributed by atoms with Crippen LogP contribution in [-0.4, -0.2) is 36.2 Å². The van der Waals surface area contributed by atoms with Crippen molar-refractivity contribution in [3.05, 3.63) is 59.4 Å². The van der Waals surface area contributed by atoms with Crippen molar-refractivity contribution in [1.82, 2.24) is 14.6 Å². The fourth-order valence-corrected chi connectivity index (χ4v) is 4.27. The van der Waals surface area contributed by atoms with Crippen LogP contribution in [0.1, 0.15) is 18.4 Å². The predicted molar refractivity (Wildman–Crippen MR) is 94.4 cm³/mol. The predicted octanol–water partition coefficient (Wildman–Crippen LogP) is 2.20. The molecule has 0 radical (unpaired) electrons. The summed E-state index contributed by atoms with van der Waals surface area (Å²) in [6, 6.07) is 10.1. The molecule has 1 aromatic heterocycles. The molecule has 0 unspecified atom stereocenters. The van der Waals surface area contributed by atoms with Gasteiger partial charge in [-0.05, 0) is 42.7 Å². The highest BCUT2D eigenvalue weighted by atomic mass is 35.5. The van der Waals surface area contributed by atoms with Crippen LogP contribution in [0.4, 0.5) is 0 Å². The van der Waals surface area contributed by atoms with Gasteiger partial charge < -0.3 is 5.32 Å². The van der Waals surface area contributed by atoms with Gasteiger partial charge in [0.1, 0.15) is 4.90 Å². The molecule has 1 amide bonds. The molecule has 0 aliphatic heterocycles. The van der Waals surface area contributed by atoms with Gasteiger partial charge in [-0.25, -0.2) is 8.42 Å². The summed E-state index contributed by atoms with van der Waals surface area (Å²) < 4.78 is 26.8. The summed E-state index contributed by atoms with van der Waals surface area (Å²) in [5, 5.41) is 3.33. The van der Waals surface area contributed by atoms with E-state index < -0.39 is 10.0 Å². The van der Waals surface area contributed by atoms with E-state index in [9.17, 15) is 13.2 Å². The van der Waals surface area contributed by atoms with Crippen LogP contribution in [0.15, 0.2) is 53.7 Å². The molecule has 3 rings (SSSR count). The lowest BCUT2D eigenvalue weighted by Gasteiger charge is -2.21. The number of hydrogen-bond donors (Lipinski definition) is 1. The van der Waals surface area contributed by atoms with Crippen LogP contribution >= 0.6 is 11.6 Å².